The van der Waals surface area contributed by atoms with E-state index in [1.807, 2.05) is 13.0 Å². The molecule has 4 aliphatic rings. The maximum Gasteiger partial charge on any atom is 0.310 e. The molecule has 0 radical (unpaired) electrons. The number of fused-ring (bicyclic) bond motifs is 5. The molecule has 7 atom stereocenters. The maximum absolute atomic E-state index is 13.4. The molecule has 1 aromatic carbocycles. The Labute approximate surface area is 223 Å². The first-order valence-corrected chi connectivity index (χ1v) is 13.5. The Morgan fingerprint density at radius 1 is 1.11 bits per heavy atom. The molecule has 2 N–H and O–H groups in total. The van der Waals surface area contributed by atoms with Gasteiger partial charge in [-0.05, 0) is 68.6 Å². The minimum absolute atomic E-state index is 0.0190. The molecule has 0 saturated heterocycles. The van der Waals surface area contributed by atoms with Crippen molar-refractivity contribution in [3.63, 3.8) is 0 Å². The van der Waals surface area contributed by atoms with Gasteiger partial charge in [0.2, 0.25) is 5.78 Å². The van der Waals surface area contributed by atoms with Crippen molar-refractivity contribution in [2.45, 2.75) is 71.0 Å². The zero-order valence-electron chi connectivity index (χ0n) is 22.2. The molecule has 0 aliphatic heterocycles. The molecule has 0 heterocycles. The highest BCUT2D eigenvalue weighted by Gasteiger charge is 2.68. The van der Waals surface area contributed by atoms with Crippen LogP contribution in [0, 0.1) is 28.6 Å². The predicted molar refractivity (Wildman–Crippen MR) is 139 cm³/mol. The summed E-state index contributed by atoms with van der Waals surface area (Å²) in [6.45, 7) is 4.93. The van der Waals surface area contributed by atoms with E-state index in [1.165, 1.54) is 6.92 Å². The van der Waals surface area contributed by atoms with Gasteiger partial charge in [0.15, 0.2) is 18.2 Å². The lowest BCUT2D eigenvalue weighted by atomic mass is 9.46. The number of aliphatic hydroxyl groups is 2. The number of rotatable bonds is 6. The van der Waals surface area contributed by atoms with E-state index < -0.39 is 40.9 Å². The van der Waals surface area contributed by atoms with Gasteiger partial charge in [0.1, 0.15) is 5.60 Å². The summed E-state index contributed by atoms with van der Waals surface area (Å²) in [6, 6.07) is 6.65. The first kappa shape index (κ1) is 26.7. The standard InChI is InChI=1S/C31H36O7/c1-18(32)20-6-4-19(5-7-20)14-27(36)38-17-26(35)31(37)13-11-24-23-9-8-21-15-22(33)10-12-29(21,2)28(23)25(34)16-30(24,31)3/h4-7,10,12,15,23-25,28,34,37H,8-9,11,13-14,16-17H2,1-3H3/t23?,24?,25-,28?,29?,30?,31-/m0/s1. The summed E-state index contributed by atoms with van der Waals surface area (Å²) in [7, 11) is 0. The molecular weight excluding hydrogens is 484 g/mol. The maximum atomic E-state index is 13.4. The van der Waals surface area contributed by atoms with E-state index in [1.54, 1.807) is 36.4 Å². The molecule has 3 saturated carbocycles. The molecule has 38 heavy (non-hydrogen) atoms. The summed E-state index contributed by atoms with van der Waals surface area (Å²) in [5, 5.41) is 23.2. The number of ketones is 3. The third-order valence-electron chi connectivity index (χ3n) is 10.2. The fraction of sp³-hybridized carbons (Fsp3) is 0.548. The summed E-state index contributed by atoms with van der Waals surface area (Å²) in [4.78, 5) is 49.3. The molecule has 0 bridgehead atoms. The summed E-state index contributed by atoms with van der Waals surface area (Å²) in [5.74, 6) is -1.15. The van der Waals surface area contributed by atoms with Gasteiger partial charge in [0, 0.05) is 22.3 Å². The van der Waals surface area contributed by atoms with E-state index in [0.717, 1.165) is 18.4 Å². The Kier molecular flexibility index (Phi) is 6.59. The van der Waals surface area contributed by atoms with E-state index in [-0.39, 0.29) is 48.6 Å². The average molecular weight is 521 g/mol. The van der Waals surface area contributed by atoms with Gasteiger partial charge in [0.25, 0.3) is 0 Å². The molecule has 4 aliphatic carbocycles. The third-order valence-corrected chi connectivity index (χ3v) is 10.2. The molecule has 7 nitrogen and oxygen atoms in total. The van der Waals surface area contributed by atoms with Crippen molar-refractivity contribution in [3.05, 3.63) is 59.2 Å². The fourth-order valence-corrected chi connectivity index (χ4v) is 8.13. The van der Waals surface area contributed by atoms with Crippen molar-refractivity contribution < 1.29 is 34.1 Å². The fourth-order valence-electron chi connectivity index (χ4n) is 8.13. The summed E-state index contributed by atoms with van der Waals surface area (Å²) < 4.78 is 5.29. The van der Waals surface area contributed by atoms with E-state index in [2.05, 4.69) is 6.92 Å². The Morgan fingerprint density at radius 2 is 1.82 bits per heavy atom. The number of hydrogen-bond acceptors (Lipinski definition) is 7. The second kappa shape index (κ2) is 9.38. The number of benzene rings is 1. The van der Waals surface area contributed by atoms with Crippen molar-refractivity contribution >= 4 is 23.3 Å². The monoisotopic (exact) mass is 520 g/mol. The second-order valence-corrected chi connectivity index (χ2v) is 12.1. The Hall–Kier alpha value is -2.90. The van der Waals surface area contributed by atoms with Crippen molar-refractivity contribution in [1.82, 2.24) is 0 Å². The molecular formula is C31H36O7. The van der Waals surface area contributed by atoms with E-state index in [9.17, 15) is 29.4 Å². The first-order chi connectivity index (χ1) is 17.9. The zero-order chi connectivity index (χ0) is 27.5. The van der Waals surface area contributed by atoms with Crippen LogP contribution < -0.4 is 0 Å². The minimum Gasteiger partial charge on any atom is -0.457 e. The van der Waals surface area contributed by atoms with Crippen molar-refractivity contribution in [2.75, 3.05) is 6.61 Å². The van der Waals surface area contributed by atoms with Crippen LogP contribution in [-0.4, -0.2) is 51.8 Å². The first-order valence-electron chi connectivity index (χ1n) is 13.5. The molecule has 0 amide bonds. The summed E-state index contributed by atoms with van der Waals surface area (Å²) >= 11 is 0. The van der Waals surface area contributed by atoms with Crippen LogP contribution in [0.2, 0.25) is 0 Å². The number of aliphatic hydroxyl groups excluding tert-OH is 1. The van der Waals surface area contributed by atoms with Gasteiger partial charge < -0.3 is 14.9 Å². The highest BCUT2D eigenvalue weighted by molar-refractivity contribution is 6.01. The van der Waals surface area contributed by atoms with Gasteiger partial charge >= 0.3 is 5.97 Å². The van der Waals surface area contributed by atoms with Crippen LogP contribution in [0.15, 0.2) is 48.1 Å². The average Bonchev–Trinajstić information content (AvgIpc) is 3.14. The number of Topliss-reactive ketones (excluding diaryl/α,β-unsaturated/α-hetero) is 2. The Bertz CT molecular complexity index is 1240. The molecule has 7 heteroatoms. The topological polar surface area (TPSA) is 118 Å². The number of allylic oxidation sites excluding steroid dienone is 4. The van der Waals surface area contributed by atoms with Gasteiger partial charge in [0.05, 0.1) is 12.5 Å². The quantitative estimate of drug-likeness (QED) is 0.435. The smallest absolute Gasteiger partial charge is 0.310 e. The number of carbonyl (C=O) groups excluding carboxylic acids is 4. The summed E-state index contributed by atoms with van der Waals surface area (Å²) in [5.41, 5.74) is -0.680. The molecule has 202 valence electrons. The van der Waals surface area contributed by atoms with Crippen LogP contribution in [0.25, 0.3) is 0 Å². The van der Waals surface area contributed by atoms with Crippen LogP contribution >= 0.6 is 0 Å². The van der Waals surface area contributed by atoms with Crippen LogP contribution in [-0.2, 0) is 25.5 Å². The highest BCUT2D eigenvalue weighted by Crippen LogP contribution is 2.67. The number of ether oxygens (including phenoxy) is 1. The number of esters is 1. The Balaban J connectivity index is 1.28. The lowest BCUT2D eigenvalue weighted by molar-refractivity contribution is -0.181. The molecule has 3 fully saturated rings. The van der Waals surface area contributed by atoms with Gasteiger partial charge in [-0.3, -0.25) is 19.2 Å². The number of hydrogen-bond donors (Lipinski definition) is 2. The molecule has 5 unspecified atom stereocenters. The van der Waals surface area contributed by atoms with Crippen molar-refractivity contribution in [2.24, 2.45) is 28.6 Å². The van der Waals surface area contributed by atoms with Crippen LogP contribution in [0.5, 0.6) is 0 Å². The largest absolute Gasteiger partial charge is 0.457 e. The van der Waals surface area contributed by atoms with Gasteiger partial charge in [-0.1, -0.05) is 49.8 Å². The molecule has 0 spiro atoms. The third kappa shape index (κ3) is 4.11. The molecule has 1 aromatic rings. The van der Waals surface area contributed by atoms with E-state index >= 15 is 0 Å². The lowest BCUT2D eigenvalue weighted by Crippen LogP contribution is -2.61. The minimum atomic E-state index is -1.69. The zero-order valence-corrected chi connectivity index (χ0v) is 22.2. The molecule has 0 aromatic heterocycles. The predicted octanol–water partition coefficient (Wildman–Crippen LogP) is 3.55. The van der Waals surface area contributed by atoms with Crippen LogP contribution in [0.1, 0.15) is 68.8 Å². The van der Waals surface area contributed by atoms with Crippen LogP contribution in [0.3, 0.4) is 0 Å². The SMILES string of the molecule is CC(=O)c1ccc(CC(=O)OCC(=O)[C@@]2(O)CCC3C4CCC5=CC(=O)C=CC5(C)C4[C@@H](O)CC32C)cc1. The molecule has 5 rings (SSSR count). The van der Waals surface area contributed by atoms with E-state index in [0.29, 0.717) is 17.5 Å². The van der Waals surface area contributed by atoms with Gasteiger partial charge in [-0.2, -0.15) is 0 Å². The lowest BCUT2D eigenvalue weighted by Gasteiger charge is -2.59. The van der Waals surface area contributed by atoms with Crippen LogP contribution in [0.4, 0.5) is 0 Å². The van der Waals surface area contributed by atoms with E-state index in [4.69, 9.17) is 4.74 Å². The van der Waals surface area contributed by atoms with Crippen molar-refractivity contribution in [1.29, 1.82) is 0 Å². The normalized spacial score (nSPS) is 37.5. The summed E-state index contributed by atoms with van der Waals surface area (Å²) in [6.07, 6.45) is 7.18. The van der Waals surface area contributed by atoms with Crippen molar-refractivity contribution in [3.8, 4) is 0 Å². The van der Waals surface area contributed by atoms with Gasteiger partial charge in [-0.25, -0.2) is 0 Å². The number of carbonyl (C=O) groups is 4. The van der Waals surface area contributed by atoms with Gasteiger partial charge in [-0.15, -0.1) is 0 Å². The highest BCUT2D eigenvalue weighted by atomic mass is 16.5. The Morgan fingerprint density at radius 3 is 2.50 bits per heavy atom. The second-order valence-electron chi connectivity index (χ2n) is 12.1.